The zero-order chi connectivity index (χ0) is 41.6. The summed E-state index contributed by atoms with van der Waals surface area (Å²) in [7, 11) is 8.54. The highest BCUT2D eigenvalue weighted by atomic mass is 16.5. The van der Waals surface area contributed by atoms with Crippen LogP contribution in [0.15, 0.2) is 24.3 Å². The minimum atomic E-state index is -0.375. The van der Waals surface area contributed by atoms with Gasteiger partial charge in [-0.3, -0.25) is 19.2 Å². The highest BCUT2D eigenvalue weighted by Gasteiger charge is 2.29. The first kappa shape index (κ1) is 46.7. The number of nitrogens with zero attached hydrogens (tertiary/aromatic N) is 1. The van der Waals surface area contributed by atoms with E-state index >= 15 is 0 Å². The van der Waals surface area contributed by atoms with Crippen molar-refractivity contribution in [3.05, 3.63) is 46.5 Å². The number of methoxy groups -OCH3 is 2. The smallest absolute Gasteiger partial charge is 0.255 e. The van der Waals surface area contributed by atoms with Gasteiger partial charge in [-0.2, -0.15) is 0 Å². The number of hydrogen-bond donors (Lipinski definition) is 7. The molecule has 0 unspecified atom stereocenters. The fourth-order valence-electron chi connectivity index (χ4n) is 6.41. The van der Waals surface area contributed by atoms with Gasteiger partial charge in [0.1, 0.15) is 23.0 Å². The molecular formula is C41H66N8O8. The molecule has 4 amide bonds. The average Bonchev–Trinajstić information content (AvgIpc) is 3.20. The van der Waals surface area contributed by atoms with E-state index in [4.69, 9.17) is 30.4 Å². The lowest BCUT2D eigenvalue weighted by Gasteiger charge is -2.30. The lowest BCUT2D eigenvalue weighted by Crippen LogP contribution is -2.44. The quantitative estimate of drug-likeness (QED) is 0.0683. The van der Waals surface area contributed by atoms with Crippen LogP contribution in [0.1, 0.15) is 106 Å². The van der Waals surface area contributed by atoms with E-state index in [1.807, 2.05) is 19.0 Å². The minimum Gasteiger partial charge on any atom is -0.496 e. The van der Waals surface area contributed by atoms with Crippen molar-refractivity contribution in [3.8, 4) is 23.0 Å². The molecule has 1 saturated carbocycles. The molecule has 0 aromatic heterocycles. The Morgan fingerprint density at radius 1 is 0.596 bits per heavy atom. The summed E-state index contributed by atoms with van der Waals surface area (Å²) in [4.78, 5) is 56.0. The first-order valence-electron chi connectivity index (χ1n) is 20.1. The van der Waals surface area contributed by atoms with E-state index in [0.717, 1.165) is 38.5 Å². The Morgan fingerprint density at radius 3 is 1.46 bits per heavy atom. The van der Waals surface area contributed by atoms with Crippen LogP contribution in [0.2, 0.25) is 0 Å². The van der Waals surface area contributed by atoms with Crippen LogP contribution in [0, 0.1) is 0 Å². The maximum atomic E-state index is 14.0. The zero-order valence-corrected chi connectivity index (χ0v) is 34.6. The van der Waals surface area contributed by atoms with Crippen molar-refractivity contribution in [2.45, 2.75) is 76.3 Å². The second kappa shape index (κ2) is 25.6. The first-order chi connectivity index (χ1) is 27.6. The van der Waals surface area contributed by atoms with Crippen molar-refractivity contribution in [3.63, 3.8) is 0 Å². The summed E-state index contributed by atoms with van der Waals surface area (Å²) in [5.41, 5.74) is 12.3. The molecule has 0 aliphatic heterocycles. The normalized spacial score (nSPS) is 15.1. The molecule has 2 aromatic rings. The number of likely N-dealkylation sites (N-methyl/N-ethyl adjacent to an activating group) is 2. The summed E-state index contributed by atoms with van der Waals surface area (Å²) < 4.78 is 23.2. The predicted molar refractivity (Wildman–Crippen MR) is 221 cm³/mol. The largest absolute Gasteiger partial charge is 0.496 e. The molecule has 0 saturated heterocycles. The van der Waals surface area contributed by atoms with E-state index in [0.29, 0.717) is 95.4 Å². The summed E-state index contributed by atoms with van der Waals surface area (Å²) in [5.74, 6) is -0.187. The van der Waals surface area contributed by atoms with Crippen molar-refractivity contribution < 1.29 is 38.1 Å². The lowest BCUT2D eigenvalue weighted by molar-refractivity contribution is 0.0886. The van der Waals surface area contributed by atoms with E-state index in [1.54, 1.807) is 25.2 Å². The molecule has 57 heavy (non-hydrogen) atoms. The molecule has 16 nitrogen and oxygen atoms in total. The number of unbranched alkanes of at least 4 members (excludes halogenated alkanes) is 4. The SMILES string of the molecule is CNCCNC(=O)c1cc(C(=O)NC2CCC(NC(=O)c3cc(C(=O)NCCN(C)C)c(OC)cc3OC)CC2)c(OCCCCCN)cc1OCCCCCN. The van der Waals surface area contributed by atoms with E-state index < -0.39 is 0 Å². The molecule has 9 N–H and O–H groups in total. The number of hydrogen-bond acceptors (Lipinski definition) is 12. The summed E-state index contributed by atoms with van der Waals surface area (Å²) in [6, 6.07) is 5.89. The molecule has 2 aromatic carbocycles. The fraction of sp³-hybridized carbons (Fsp3) is 0.610. The number of carbonyl (C=O) groups is 4. The lowest BCUT2D eigenvalue weighted by atomic mass is 9.90. The fourth-order valence-corrected chi connectivity index (χ4v) is 6.41. The minimum absolute atomic E-state index is 0.170. The van der Waals surface area contributed by atoms with Gasteiger partial charge in [0.25, 0.3) is 23.6 Å². The van der Waals surface area contributed by atoms with Gasteiger partial charge >= 0.3 is 0 Å². The molecular weight excluding hydrogens is 732 g/mol. The first-order valence-corrected chi connectivity index (χ1v) is 20.1. The molecule has 0 heterocycles. The molecule has 0 atom stereocenters. The Balaban J connectivity index is 1.75. The van der Waals surface area contributed by atoms with Gasteiger partial charge in [-0.05, 0) is 111 Å². The third-order valence-corrected chi connectivity index (χ3v) is 9.70. The van der Waals surface area contributed by atoms with Gasteiger partial charge in [0.2, 0.25) is 0 Å². The van der Waals surface area contributed by atoms with Gasteiger partial charge in [0.05, 0.1) is 49.7 Å². The summed E-state index contributed by atoms with van der Waals surface area (Å²) in [5, 5.41) is 15.0. The van der Waals surface area contributed by atoms with Crippen LogP contribution < -0.4 is 57.0 Å². The highest BCUT2D eigenvalue weighted by molar-refractivity contribution is 6.04. The van der Waals surface area contributed by atoms with E-state index in [-0.39, 0.29) is 63.7 Å². The number of ether oxygens (including phenoxy) is 4. The number of benzene rings is 2. The number of amides is 4. The van der Waals surface area contributed by atoms with Gasteiger partial charge in [-0.15, -0.1) is 0 Å². The van der Waals surface area contributed by atoms with Gasteiger partial charge < -0.3 is 61.9 Å². The number of rotatable bonds is 26. The van der Waals surface area contributed by atoms with Crippen LogP contribution >= 0.6 is 0 Å². The van der Waals surface area contributed by atoms with Gasteiger partial charge in [-0.1, -0.05) is 0 Å². The van der Waals surface area contributed by atoms with E-state index in [9.17, 15) is 19.2 Å². The highest BCUT2D eigenvalue weighted by Crippen LogP contribution is 2.32. The Morgan fingerprint density at radius 2 is 1.02 bits per heavy atom. The monoisotopic (exact) mass is 799 g/mol. The van der Waals surface area contributed by atoms with Crippen molar-refractivity contribution in [1.29, 1.82) is 0 Å². The van der Waals surface area contributed by atoms with Crippen molar-refractivity contribution >= 4 is 23.6 Å². The van der Waals surface area contributed by atoms with Gasteiger partial charge in [0.15, 0.2) is 0 Å². The number of nitrogens with one attached hydrogen (secondary N) is 5. The maximum Gasteiger partial charge on any atom is 0.255 e. The number of nitrogens with two attached hydrogens (primary N) is 2. The Labute approximate surface area is 337 Å². The Bertz CT molecular complexity index is 1580. The van der Waals surface area contributed by atoms with Gasteiger partial charge in [-0.25, -0.2) is 0 Å². The summed E-state index contributed by atoms with van der Waals surface area (Å²) >= 11 is 0. The third kappa shape index (κ3) is 15.3. The second-order valence-electron chi connectivity index (χ2n) is 14.4. The molecule has 1 aliphatic rings. The van der Waals surface area contributed by atoms with Crippen molar-refractivity contribution in [2.24, 2.45) is 11.5 Å². The van der Waals surface area contributed by atoms with E-state index in [1.165, 1.54) is 20.3 Å². The molecule has 0 radical (unpaired) electrons. The molecule has 0 spiro atoms. The molecule has 0 bridgehead atoms. The number of carbonyl (C=O) groups excluding carboxylic acids is 4. The zero-order valence-electron chi connectivity index (χ0n) is 34.6. The molecule has 1 fully saturated rings. The Hall–Kier alpha value is -4.64. The van der Waals surface area contributed by atoms with Crippen LogP contribution in [0.4, 0.5) is 0 Å². The standard InChI is InChI=1S/C41H66N8O8/c1-44-18-19-45-39(51)32-25-33(37(57-23-11-7-9-17-43)27-36(32)56-22-10-6-8-16-42)41(53)48-29-14-12-28(13-15-29)47-40(52)31-24-30(34(54-4)26-35(31)55-5)38(50)46-20-21-49(2)3/h24-29,44H,6-23,42-43H2,1-5H3,(H,45,51)(H,46,50)(H,47,52)(H,48,53). The van der Waals surface area contributed by atoms with E-state index in [2.05, 4.69) is 26.6 Å². The third-order valence-electron chi connectivity index (χ3n) is 9.70. The van der Waals surface area contributed by atoms with Crippen LogP contribution in [0.25, 0.3) is 0 Å². The van der Waals surface area contributed by atoms with Crippen molar-refractivity contribution in [2.75, 3.05) is 87.8 Å². The molecule has 318 valence electrons. The van der Waals surface area contributed by atoms with Gasteiger partial charge in [0, 0.05) is 50.4 Å². The molecule has 3 rings (SSSR count). The van der Waals surface area contributed by atoms with Crippen LogP contribution in [0.5, 0.6) is 23.0 Å². The van der Waals surface area contributed by atoms with Crippen LogP contribution in [-0.2, 0) is 0 Å². The van der Waals surface area contributed by atoms with Crippen LogP contribution in [0.3, 0.4) is 0 Å². The maximum absolute atomic E-state index is 14.0. The van der Waals surface area contributed by atoms with Crippen molar-refractivity contribution in [1.82, 2.24) is 31.5 Å². The predicted octanol–water partition coefficient (Wildman–Crippen LogP) is 2.43. The Kier molecular flexibility index (Phi) is 21.0. The second-order valence-corrected chi connectivity index (χ2v) is 14.4. The average molecular weight is 799 g/mol. The summed E-state index contributed by atoms with van der Waals surface area (Å²) in [6.07, 6.45) is 7.45. The van der Waals surface area contributed by atoms with Crippen LogP contribution in [-0.4, -0.2) is 128 Å². The topological polar surface area (TPSA) is 221 Å². The summed E-state index contributed by atoms with van der Waals surface area (Å²) in [6.45, 7) is 3.99. The molecule has 1 aliphatic carbocycles. The molecule has 16 heteroatoms.